The molecule has 108 valence electrons. The number of likely N-dealkylation sites (tertiary alicyclic amines) is 1. The Hall–Kier alpha value is -1.14. The van der Waals surface area contributed by atoms with Crippen LogP contribution in [0.3, 0.4) is 0 Å². The van der Waals surface area contributed by atoms with Crippen molar-refractivity contribution in [2.45, 2.75) is 32.3 Å². The highest BCUT2D eigenvalue weighted by atomic mass is 16.6. The first-order valence-electron chi connectivity index (χ1n) is 6.80. The van der Waals surface area contributed by atoms with Gasteiger partial charge in [0.15, 0.2) is 6.10 Å². The Morgan fingerprint density at radius 1 is 1.42 bits per heavy atom. The molecule has 0 spiro atoms. The summed E-state index contributed by atoms with van der Waals surface area (Å²) in [6, 6.07) is 0. The number of carboxylic acids is 1. The monoisotopic (exact) mass is 271 g/mol. The standard InChI is InChI=1S/C13H21NO5/c1-2-3-13(12(16)17)4-5-14(9-13)11(15)10-8-18-6-7-19-10/h10H,2-9H2,1H3,(H,16,17). The van der Waals surface area contributed by atoms with Crippen molar-refractivity contribution in [3.05, 3.63) is 0 Å². The van der Waals surface area contributed by atoms with Crippen LogP contribution in [0.25, 0.3) is 0 Å². The predicted octanol–water partition coefficient (Wildman–Crippen LogP) is 0.505. The first-order valence-corrected chi connectivity index (χ1v) is 6.80. The maximum Gasteiger partial charge on any atom is 0.311 e. The van der Waals surface area contributed by atoms with Crippen LogP contribution < -0.4 is 0 Å². The summed E-state index contributed by atoms with van der Waals surface area (Å²) in [5, 5.41) is 9.41. The molecule has 2 saturated heterocycles. The van der Waals surface area contributed by atoms with E-state index in [1.54, 1.807) is 4.90 Å². The van der Waals surface area contributed by atoms with Gasteiger partial charge >= 0.3 is 5.97 Å². The first kappa shape index (κ1) is 14.3. The van der Waals surface area contributed by atoms with Crippen LogP contribution in [-0.4, -0.2) is 60.9 Å². The number of hydrogen-bond acceptors (Lipinski definition) is 4. The summed E-state index contributed by atoms with van der Waals surface area (Å²) in [4.78, 5) is 25.3. The Kier molecular flexibility index (Phi) is 4.42. The molecule has 0 aromatic heterocycles. The van der Waals surface area contributed by atoms with E-state index in [0.29, 0.717) is 32.6 Å². The van der Waals surface area contributed by atoms with E-state index in [-0.39, 0.29) is 19.1 Å². The number of ether oxygens (including phenoxy) is 2. The van der Waals surface area contributed by atoms with E-state index in [9.17, 15) is 14.7 Å². The highest BCUT2D eigenvalue weighted by Gasteiger charge is 2.46. The van der Waals surface area contributed by atoms with Gasteiger partial charge < -0.3 is 19.5 Å². The number of carbonyl (C=O) groups excluding carboxylic acids is 1. The van der Waals surface area contributed by atoms with Gasteiger partial charge in [0.05, 0.1) is 25.2 Å². The van der Waals surface area contributed by atoms with Crippen LogP contribution in [-0.2, 0) is 19.1 Å². The molecule has 2 unspecified atom stereocenters. The molecule has 6 nitrogen and oxygen atoms in total. The Morgan fingerprint density at radius 3 is 2.79 bits per heavy atom. The second-order valence-corrected chi connectivity index (χ2v) is 5.28. The maximum atomic E-state index is 12.2. The van der Waals surface area contributed by atoms with Crippen molar-refractivity contribution in [2.24, 2.45) is 5.41 Å². The fourth-order valence-corrected chi connectivity index (χ4v) is 2.86. The van der Waals surface area contributed by atoms with Gasteiger partial charge in [0.25, 0.3) is 5.91 Å². The molecule has 0 aromatic carbocycles. The van der Waals surface area contributed by atoms with Gasteiger partial charge in [-0.3, -0.25) is 9.59 Å². The number of rotatable bonds is 4. The third-order valence-electron chi connectivity index (χ3n) is 3.94. The van der Waals surface area contributed by atoms with Gasteiger partial charge in [-0.25, -0.2) is 0 Å². The second kappa shape index (κ2) is 5.88. The Morgan fingerprint density at radius 2 is 2.21 bits per heavy atom. The SMILES string of the molecule is CCCC1(C(=O)O)CCN(C(=O)C2COCCO2)C1. The van der Waals surface area contributed by atoms with Gasteiger partial charge in [-0.15, -0.1) is 0 Å². The van der Waals surface area contributed by atoms with Crippen molar-refractivity contribution < 1.29 is 24.2 Å². The predicted molar refractivity (Wildman–Crippen MR) is 66.7 cm³/mol. The zero-order chi connectivity index (χ0) is 13.9. The zero-order valence-electron chi connectivity index (χ0n) is 11.3. The van der Waals surface area contributed by atoms with Crippen LogP contribution in [0.4, 0.5) is 0 Å². The highest BCUT2D eigenvalue weighted by Crippen LogP contribution is 2.36. The minimum Gasteiger partial charge on any atom is -0.481 e. The quantitative estimate of drug-likeness (QED) is 0.806. The number of hydrogen-bond donors (Lipinski definition) is 1. The molecule has 2 heterocycles. The van der Waals surface area contributed by atoms with E-state index in [0.717, 1.165) is 6.42 Å². The first-order chi connectivity index (χ1) is 9.09. The number of aliphatic carboxylic acids is 1. The van der Waals surface area contributed by atoms with E-state index in [1.807, 2.05) is 6.92 Å². The van der Waals surface area contributed by atoms with Gasteiger partial charge in [0, 0.05) is 13.1 Å². The fraction of sp³-hybridized carbons (Fsp3) is 0.846. The number of amides is 1. The second-order valence-electron chi connectivity index (χ2n) is 5.28. The van der Waals surface area contributed by atoms with Gasteiger partial charge in [0.2, 0.25) is 0 Å². The molecule has 1 N–H and O–H groups in total. The van der Waals surface area contributed by atoms with Gasteiger partial charge in [0.1, 0.15) is 0 Å². The molecule has 2 aliphatic rings. The molecule has 0 aliphatic carbocycles. The largest absolute Gasteiger partial charge is 0.481 e. The zero-order valence-corrected chi connectivity index (χ0v) is 11.3. The summed E-state index contributed by atoms with van der Waals surface area (Å²) in [5.41, 5.74) is -0.778. The third-order valence-corrected chi connectivity index (χ3v) is 3.94. The molecule has 0 aromatic rings. The minimum absolute atomic E-state index is 0.140. The molecular formula is C13H21NO5. The highest BCUT2D eigenvalue weighted by molar-refractivity contribution is 5.83. The topological polar surface area (TPSA) is 76.1 Å². The molecule has 1 amide bonds. The number of carboxylic acid groups (broad SMARTS) is 1. The van der Waals surface area contributed by atoms with Crippen molar-refractivity contribution in [3.63, 3.8) is 0 Å². The smallest absolute Gasteiger partial charge is 0.311 e. The molecule has 2 aliphatic heterocycles. The van der Waals surface area contributed by atoms with E-state index in [2.05, 4.69) is 0 Å². The summed E-state index contributed by atoms with van der Waals surface area (Å²) >= 11 is 0. The van der Waals surface area contributed by atoms with E-state index in [1.165, 1.54) is 0 Å². The van der Waals surface area contributed by atoms with Crippen molar-refractivity contribution in [3.8, 4) is 0 Å². The molecule has 0 saturated carbocycles. The van der Waals surface area contributed by atoms with E-state index < -0.39 is 17.5 Å². The average Bonchev–Trinajstić information content (AvgIpc) is 2.85. The molecule has 19 heavy (non-hydrogen) atoms. The van der Waals surface area contributed by atoms with Crippen molar-refractivity contribution >= 4 is 11.9 Å². The van der Waals surface area contributed by atoms with Crippen molar-refractivity contribution in [1.82, 2.24) is 4.90 Å². The number of carbonyl (C=O) groups is 2. The maximum absolute atomic E-state index is 12.2. The van der Waals surface area contributed by atoms with Crippen LogP contribution in [0.1, 0.15) is 26.2 Å². The Balaban J connectivity index is 1.99. The lowest BCUT2D eigenvalue weighted by atomic mass is 9.83. The summed E-state index contributed by atoms with van der Waals surface area (Å²) < 4.78 is 10.6. The Bertz CT molecular complexity index is 353. The van der Waals surface area contributed by atoms with E-state index in [4.69, 9.17) is 9.47 Å². The fourth-order valence-electron chi connectivity index (χ4n) is 2.86. The van der Waals surface area contributed by atoms with Crippen LogP contribution >= 0.6 is 0 Å². The molecule has 2 atom stereocenters. The number of nitrogens with zero attached hydrogens (tertiary/aromatic N) is 1. The lowest BCUT2D eigenvalue weighted by Gasteiger charge is -2.28. The van der Waals surface area contributed by atoms with Crippen LogP contribution in [0.15, 0.2) is 0 Å². The van der Waals surface area contributed by atoms with Crippen molar-refractivity contribution in [1.29, 1.82) is 0 Å². The van der Waals surface area contributed by atoms with Crippen LogP contribution in [0, 0.1) is 5.41 Å². The summed E-state index contributed by atoms with van der Waals surface area (Å²) in [7, 11) is 0. The summed E-state index contributed by atoms with van der Waals surface area (Å²) in [6.45, 7) is 3.94. The lowest BCUT2D eigenvalue weighted by molar-refractivity contribution is -0.158. The van der Waals surface area contributed by atoms with Gasteiger partial charge in [-0.1, -0.05) is 13.3 Å². The van der Waals surface area contributed by atoms with Crippen LogP contribution in [0.5, 0.6) is 0 Å². The molecule has 0 bridgehead atoms. The molecule has 6 heteroatoms. The third kappa shape index (κ3) is 2.90. The summed E-state index contributed by atoms with van der Waals surface area (Å²) in [5.74, 6) is -0.940. The van der Waals surface area contributed by atoms with Crippen LogP contribution in [0.2, 0.25) is 0 Å². The molecule has 2 fully saturated rings. The molecule has 2 rings (SSSR count). The molecule has 0 radical (unpaired) electrons. The minimum atomic E-state index is -0.800. The van der Waals surface area contributed by atoms with Gasteiger partial charge in [-0.05, 0) is 12.8 Å². The Labute approximate surface area is 112 Å². The molecular weight excluding hydrogens is 250 g/mol. The normalized spacial score (nSPS) is 31.4. The van der Waals surface area contributed by atoms with Gasteiger partial charge in [-0.2, -0.15) is 0 Å². The van der Waals surface area contributed by atoms with Crippen molar-refractivity contribution in [2.75, 3.05) is 32.9 Å². The average molecular weight is 271 g/mol. The summed E-state index contributed by atoms with van der Waals surface area (Å²) in [6.07, 6.45) is 1.36. The lowest BCUT2D eigenvalue weighted by Crippen LogP contribution is -2.46. The van der Waals surface area contributed by atoms with E-state index >= 15 is 0 Å².